The molecule has 1 heterocycles. The maximum atomic E-state index is 11.0. The van der Waals surface area contributed by atoms with Crippen LogP contribution in [0.3, 0.4) is 0 Å². The summed E-state index contributed by atoms with van der Waals surface area (Å²) in [7, 11) is 0. The summed E-state index contributed by atoms with van der Waals surface area (Å²) in [5.41, 5.74) is 2.26. The van der Waals surface area contributed by atoms with Gasteiger partial charge < -0.3 is 4.74 Å². The summed E-state index contributed by atoms with van der Waals surface area (Å²) >= 11 is 1.81. The van der Waals surface area contributed by atoms with Crippen LogP contribution in [0.2, 0.25) is 0 Å². The molecule has 0 radical (unpaired) electrons. The van der Waals surface area contributed by atoms with Gasteiger partial charge in [-0.15, -0.1) is 11.8 Å². The highest BCUT2D eigenvalue weighted by atomic mass is 32.2. The standard InChI is InChI=1S/C16H15NO3S/c1-11-6-7-14(17(18)19)15(8-11)20-9-12-10-21-16-5-3-2-4-13(12)16/h2-8,12H,9-10H2,1H3. The summed E-state index contributed by atoms with van der Waals surface area (Å²) in [5, 5.41) is 11.0. The van der Waals surface area contributed by atoms with Crippen LogP contribution in [0.5, 0.6) is 5.75 Å². The zero-order valence-electron chi connectivity index (χ0n) is 11.6. The van der Waals surface area contributed by atoms with Crippen molar-refractivity contribution in [3.05, 3.63) is 63.7 Å². The van der Waals surface area contributed by atoms with Gasteiger partial charge in [0.15, 0.2) is 5.75 Å². The van der Waals surface area contributed by atoms with Crippen molar-refractivity contribution in [1.82, 2.24) is 0 Å². The number of aryl methyl sites for hydroxylation is 1. The van der Waals surface area contributed by atoms with Crippen LogP contribution >= 0.6 is 11.8 Å². The molecule has 0 spiro atoms. The van der Waals surface area contributed by atoms with E-state index in [1.165, 1.54) is 16.5 Å². The third-order valence-electron chi connectivity index (χ3n) is 3.55. The maximum Gasteiger partial charge on any atom is 0.310 e. The molecular weight excluding hydrogens is 286 g/mol. The van der Waals surface area contributed by atoms with E-state index in [2.05, 4.69) is 12.1 Å². The van der Waals surface area contributed by atoms with Crippen LogP contribution in [-0.4, -0.2) is 17.3 Å². The summed E-state index contributed by atoms with van der Waals surface area (Å²) < 4.78 is 5.77. The number of ether oxygens (including phenoxy) is 1. The van der Waals surface area contributed by atoms with Crippen LogP contribution in [-0.2, 0) is 0 Å². The molecule has 1 aliphatic rings. The van der Waals surface area contributed by atoms with Crippen LogP contribution in [0.1, 0.15) is 17.0 Å². The SMILES string of the molecule is Cc1ccc([N+](=O)[O-])c(OCC2CSc3ccccc32)c1. The lowest BCUT2D eigenvalue weighted by Crippen LogP contribution is -2.10. The highest BCUT2D eigenvalue weighted by molar-refractivity contribution is 7.99. The molecule has 0 aliphatic carbocycles. The fraction of sp³-hybridized carbons (Fsp3) is 0.250. The molecule has 2 aromatic carbocycles. The number of nitrogens with zero attached hydrogens (tertiary/aromatic N) is 1. The molecule has 108 valence electrons. The molecule has 0 saturated carbocycles. The summed E-state index contributed by atoms with van der Waals surface area (Å²) in [6.07, 6.45) is 0. The number of thioether (sulfide) groups is 1. The summed E-state index contributed by atoms with van der Waals surface area (Å²) in [6, 6.07) is 13.2. The Morgan fingerprint density at radius 2 is 2.14 bits per heavy atom. The van der Waals surface area contributed by atoms with Crippen LogP contribution in [0.4, 0.5) is 5.69 Å². The van der Waals surface area contributed by atoms with E-state index in [1.807, 2.05) is 30.8 Å². The molecule has 4 nitrogen and oxygen atoms in total. The van der Waals surface area contributed by atoms with Gasteiger partial charge in [0.05, 0.1) is 11.5 Å². The topological polar surface area (TPSA) is 52.4 Å². The fourth-order valence-electron chi connectivity index (χ4n) is 2.45. The average molecular weight is 301 g/mol. The molecule has 0 aromatic heterocycles. The average Bonchev–Trinajstić information content (AvgIpc) is 2.88. The molecule has 2 aromatic rings. The lowest BCUT2D eigenvalue weighted by molar-refractivity contribution is -0.385. The smallest absolute Gasteiger partial charge is 0.310 e. The largest absolute Gasteiger partial charge is 0.486 e. The Hall–Kier alpha value is -2.01. The van der Waals surface area contributed by atoms with Crippen LogP contribution in [0.15, 0.2) is 47.4 Å². The van der Waals surface area contributed by atoms with E-state index in [9.17, 15) is 10.1 Å². The Bertz CT molecular complexity index is 687. The summed E-state index contributed by atoms with van der Waals surface area (Å²) in [4.78, 5) is 11.9. The molecule has 3 rings (SSSR count). The zero-order valence-corrected chi connectivity index (χ0v) is 12.4. The van der Waals surface area contributed by atoms with Crippen molar-refractivity contribution in [3.63, 3.8) is 0 Å². The summed E-state index contributed by atoms with van der Waals surface area (Å²) in [5.74, 6) is 1.60. The van der Waals surface area contributed by atoms with Gasteiger partial charge in [-0.05, 0) is 30.2 Å². The van der Waals surface area contributed by atoms with Gasteiger partial charge in [0.25, 0.3) is 0 Å². The molecule has 1 aliphatic heterocycles. The summed E-state index contributed by atoms with van der Waals surface area (Å²) in [6.45, 7) is 2.37. The van der Waals surface area contributed by atoms with E-state index in [0.29, 0.717) is 12.4 Å². The first-order valence-corrected chi connectivity index (χ1v) is 7.73. The number of nitro benzene ring substituents is 1. The molecule has 0 amide bonds. The van der Waals surface area contributed by atoms with Gasteiger partial charge >= 0.3 is 5.69 Å². The van der Waals surface area contributed by atoms with E-state index < -0.39 is 4.92 Å². The molecule has 0 saturated heterocycles. The zero-order chi connectivity index (χ0) is 14.8. The minimum atomic E-state index is -0.397. The van der Waals surface area contributed by atoms with E-state index in [-0.39, 0.29) is 11.6 Å². The minimum Gasteiger partial charge on any atom is -0.486 e. The predicted octanol–water partition coefficient (Wildman–Crippen LogP) is 4.17. The molecule has 0 N–H and O–H groups in total. The Morgan fingerprint density at radius 1 is 1.33 bits per heavy atom. The first-order valence-electron chi connectivity index (χ1n) is 6.74. The Labute approximate surface area is 127 Å². The van der Waals surface area contributed by atoms with Gasteiger partial charge in [0.1, 0.15) is 0 Å². The van der Waals surface area contributed by atoms with Gasteiger partial charge in [-0.3, -0.25) is 10.1 Å². The molecule has 1 atom stereocenters. The van der Waals surface area contributed by atoms with E-state index in [1.54, 1.807) is 12.1 Å². The van der Waals surface area contributed by atoms with Gasteiger partial charge in [-0.1, -0.05) is 24.3 Å². The number of hydrogen-bond donors (Lipinski definition) is 0. The van der Waals surface area contributed by atoms with E-state index >= 15 is 0 Å². The first-order chi connectivity index (χ1) is 10.1. The fourth-order valence-corrected chi connectivity index (χ4v) is 3.68. The monoisotopic (exact) mass is 301 g/mol. The highest BCUT2D eigenvalue weighted by Gasteiger charge is 2.24. The van der Waals surface area contributed by atoms with Crippen molar-refractivity contribution < 1.29 is 9.66 Å². The van der Waals surface area contributed by atoms with E-state index in [4.69, 9.17) is 4.74 Å². The predicted molar refractivity (Wildman–Crippen MR) is 83.2 cm³/mol. The van der Waals surface area contributed by atoms with Crippen molar-refractivity contribution in [2.45, 2.75) is 17.7 Å². The van der Waals surface area contributed by atoms with Crippen molar-refractivity contribution in [2.24, 2.45) is 0 Å². The lowest BCUT2D eigenvalue weighted by atomic mass is 10.0. The van der Waals surface area contributed by atoms with Crippen molar-refractivity contribution in [1.29, 1.82) is 0 Å². The Morgan fingerprint density at radius 3 is 2.95 bits per heavy atom. The van der Waals surface area contributed by atoms with Crippen LogP contribution < -0.4 is 4.74 Å². The number of fused-ring (bicyclic) bond motifs is 1. The number of rotatable bonds is 4. The molecule has 21 heavy (non-hydrogen) atoms. The molecule has 1 unspecified atom stereocenters. The quantitative estimate of drug-likeness (QED) is 0.628. The second-order valence-corrected chi connectivity index (χ2v) is 6.15. The number of benzene rings is 2. The molecule has 5 heteroatoms. The van der Waals surface area contributed by atoms with Crippen LogP contribution in [0.25, 0.3) is 0 Å². The highest BCUT2D eigenvalue weighted by Crippen LogP contribution is 2.40. The second kappa shape index (κ2) is 5.77. The van der Waals surface area contributed by atoms with Crippen molar-refractivity contribution in [2.75, 3.05) is 12.4 Å². The van der Waals surface area contributed by atoms with Gasteiger partial charge in [-0.2, -0.15) is 0 Å². The minimum absolute atomic E-state index is 0.0273. The van der Waals surface area contributed by atoms with Gasteiger partial charge in [0.2, 0.25) is 0 Å². The van der Waals surface area contributed by atoms with Crippen LogP contribution in [0, 0.1) is 17.0 Å². The van der Waals surface area contributed by atoms with E-state index in [0.717, 1.165) is 11.3 Å². The third kappa shape index (κ3) is 2.88. The number of hydrogen-bond acceptors (Lipinski definition) is 4. The van der Waals surface area contributed by atoms with Gasteiger partial charge in [0, 0.05) is 22.6 Å². The second-order valence-electron chi connectivity index (χ2n) is 5.09. The Balaban J connectivity index is 1.77. The third-order valence-corrected chi connectivity index (χ3v) is 4.80. The Kier molecular flexibility index (Phi) is 3.84. The molecule has 0 bridgehead atoms. The lowest BCUT2D eigenvalue weighted by Gasteiger charge is -2.13. The maximum absolute atomic E-state index is 11.0. The van der Waals surface area contributed by atoms with Crippen molar-refractivity contribution in [3.8, 4) is 5.75 Å². The number of nitro groups is 1. The van der Waals surface area contributed by atoms with Gasteiger partial charge in [-0.25, -0.2) is 0 Å². The molecular formula is C16H15NO3S. The normalized spacial score (nSPS) is 16.5. The first kappa shape index (κ1) is 13.9. The van der Waals surface area contributed by atoms with Crippen molar-refractivity contribution >= 4 is 17.4 Å². The molecule has 0 fully saturated rings.